The Labute approximate surface area is 93.6 Å². The van der Waals surface area contributed by atoms with Gasteiger partial charge in [-0.1, -0.05) is 27.7 Å². The molecule has 0 aromatic rings. The van der Waals surface area contributed by atoms with Crippen LogP contribution in [0.25, 0.3) is 0 Å². The van der Waals surface area contributed by atoms with Gasteiger partial charge in [-0.15, -0.1) is 0 Å². The van der Waals surface area contributed by atoms with Crippen molar-refractivity contribution in [1.29, 1.82) is 0 Å². The lowest BCUT2D eigenvalue weighted by atomic mass is 9.43. The molecule has 3 fully saturated rings. The summed E-state index contributed by atoms with van der Waals surface area (Å²) < 4.78 is 0. The van der Waals surface area contributed by atoms with E-state index in [-0.39, 0.29) is 5.92 Å². The molecule has 3 aliphatic rings. The summed E-state index contributed by atoms with van der Waals surface area (Å²) in [4.78, 5) is 10.7. The van der Waals surface area contributed by atoms with Gasteiger partial charge in [-0.3, -0.25) is 0 Å². The third-order valence-electron chi connectivity index (χ3n) is 5.42. The molecule has 15 heavy (non-hydrogen) atoms. The first-order chi connectivity index (χ1) is 6.96. The molecule has 0 aliphatic heterocycles. The largest absolute Gasteiger partial charge is 0.303 e. The van der Waals surface area contributed by atoms with Crippen molar-refractivity contribution in [1.82, 2.24) is 0 Å². The van der Waals surface area contributed by atoms with Gasteiger partial charge in [0.05, 0.1) is 0 Å². The standard InChI is InChI=1S/C14H24O/c1-9(8-15)5-11-6-12-7-13(10(11)2)14(12,3)4/h8-13H,5-7H2,1-4H3/t9?,10-,11+,12+,13+/m1/s1. The molecule has 0 aromatic carbocycles. The molecular formula is C14H24O. The minimum atomic E-state index is 0.262. The molecule has 0 saturated heterocycles. The number of hydrogen-bond donors (Lipinski definition) is 0. The molecule has 3 aliphatic carbocycles. The normalized spacial score (nSPS) is 44.3. The summed E-state index contributed by atoms with van der Waals surface area (Å²) in [6.07, 6.45) is 5.05. The first kappa shape index (κ1) is 11.2. The second-order valence-corrected chi connectivity index (χ2v) is 6.56. The number of carbonyl (C=O) groups excluding carboxylic acids is 1. The molecule has 0 amide bonds. The van der Waals surface area contributed by atoms with E-state index in [1.54, 1.807) is 0 Å². The van der Waals surface area contributed by atoms with Crippen LogP contribution in [-0.4, -0.2) is 6.29 Å². The van der Waals surface area contributed by atoms with E-state index in [0.29, 0.717) is 5.41 Å². The van der Waals surface area contributed by atoms with Crippen LogP contribution in [-0.2, 0) is 4.79 Å². The van der Waals surface area contributed by atoms with Gasteiger partial charge in [0.2, 0.25) is 0 Å². The zero-order chi connectivity index (χ0) is 11.2. The van der Waals surface area contributed by atoms with E-state index in [4.69, 9.17) is 0 Å². The molecule has 3 saturated carbocycles. The van der Waals surface area contributed by atoms with Gasteiger partial charge in [-0.25, -0.2) is 0 Å². The highest BCUT2D eigenvalue weighted by atomic mass is 16.1. The van der Waals surface area contributed by atoms with E-state index in [9.17, 15) is 4.79 Å². The molecule has 2 bridgehead atoms. The van der Waals surface area contributed by atoms with Gasteiger partial charge in [0.15, 0.2) is 0 Å². The molecule has 0 radical (unpaired) electrons. The average molecular weight is 208 g/mol. The van der Waals surface area contributed by atoms with Crippen LogP contribution in [0.2, 0.25) is 0 Å². The van der Waals surface area contributed by atoms with Crippen molar-refractivity contribution in [2.24, 2.45) is 35.0 Å². The number of rotatable bonds is 3. The zero-order valence-corrected chi connectivity index (χ0v) is 10.5. The molecule has 0 N–H and O–H groups in total. The smallest absolute Gasteiger partial charge is 0.122 e. The van der Waals surface area contributed by atoms with Crippen molar-refractivity contribution in [3.63, 3.8) is 0 Å². The highest BCUT2D eigenvalue weighted by molar-refractivity contribution is 5.52. The molecule has 3 rings (SSSR count). The van der Waals surface area contributed by atoms with Crippen LogP contribution >= 0.6 is 0 Å². The van der Waals surface area contributed by atoms with Crippen molar-refractivity contribution in [3.05, 3.63) is 0 Å². The Balaban J connectivity index is 1.99. The maximum Gasteiger partial charge on any atom is 0.122 e. The monoisotopic (exact) mass is 208 g/mol. The Kier molecular flexibility index (Phi) is 2.68. The van der Waals surface area contributed by atoms with E-state index in [2.05, 4.69) is 27.7 Å². The van der Waals surface area contributed by atoms with E-state index >= 15 is 0 Å². The third kappa shape index (κ3) is 1.64. The molecule has 0 spiro atoms. The second kappa shape index (κ2) is 3.61. The van der Waals surface area contributed by atoms with Gasteiger partial charge in [-0.05, 0) is 48.3 Å². The summed E-state index contributed by atoms with van der Waals surface area (Å²) in [6, 6.07) is 0. The number of hydrogen-bond acceptors (Lipinski definition) is 1. The fraction of sp³-hybridized carbons (Fsp3) is 0.929. The summed E-state index contributed by atoms with van der Waals surface area (Å²) >= 11 is 0. The molecule has 0 heterocycles. The first-order valence-corrected chi connectivity index (χ1v) is 6.42. The predicted molar refractivity (Wildman–Crippen MR) is 62.5 cm³/mol. The van der Waals surface area contributed by atoms with Crippen LogP contribution in [0.4, 0.5) is 0 Å². The summed E-state index contributed by atoms with van der Waals surface area (Å²) in [6.45, 7) is 9.33. The van der Waals surface area contributed by atoms with Crippen LogP contribution in [0.5, 0.6) is 0 Å². The summed E-state index contributed by atoms with van der Waals surface area (Å²) in [5.41, 5.74) is 0.584. The van der Waals surface area contributed by atoms with Crippen molar-refractivity contribution in [2.45, 2.75) is 47.0 Å². The Bertz CT molecular complexity index is 256. The van der Waals surface area contributed by atoms with E-state index in [1.165, 1.54) is 12.8 Å². The van der Waals surface area contributed by atoms with Crippen LogP contribution in [0.1, 0.15) is 47.0 Å². The quantitative estimate of drug-likeness (QED) is 0.648. The minimum Gasteiger partial charge on any atom is -0.303 e. The fourth-order valence-corrected chi connectivity index (χ4v) is 4.10. The van der Waals surface area contributed by atoms with Gasteiger partial charge in [0, 0.05) is 5.92 Å². The number of fused-ring (bicyclic) bond motifs is 2. The first-order valence-electron chi connectivity index (χ1n) is 6.42. The Morgan fingerprint density at radius 2 is 2.07 bits per heavy atom. The van der Waals surface area contributed by atoms with Gasteiger partial charge in [-0.2, -0.15) is 0 Å². The molecule has 5 atom stereocenters. The third-order valence-corrected chi connectivity index (χ3v) is 5.42. The summed E-state index contributed by atoms with van der Waals surface area (Å²) in [7, 11) is 0. The predicted octanol–water partition coefficient (Wildman–Crippen LogP) is 3.53. The van der Waals surface area contributed by atoms with Crippen LogP contribution in [0.3, 0.4) is 0 Å². The van der Waals surface area contributed by atoms with E-state index < -0.39 is 0 Å². The molecule has 1 heteroatoms. The molecule has 1 unspecified atom stereocenters. The Morgan fingerprint density at radius 1 is 1.40 bits per heavy atom. The molecule has 1 nitrogen and oxygen atoms in total. The molecular weight excluding hydrogens is 184 g/mol. The number of aldehydes is 1. The van der Waals surface area contributed by atoms with E-state index in [1.807, 2.05) is 0 Å². The van der Waals surface area contributed by atoms with Gasteiger partial charge in [0.25, 0.3) is 0 Å². The van der Waals surface area contributed by atoms with Gasteiger partial charge < -0.3 is 4.79 Å². The lowest BCUT2D eigenvalue weighted by Gasteiger charge is -2.62. The van der Waals surface area contributed by atoms with Crippen LogP contribution in [0, 0.1) is 35.0 Å². The highest BCUT2D eigenvalue weighted by Crippen LogP contribution is 2.63. The lowest BCUT2D eigenvalue weighted by molar-refractivity contribution is -0.134. The van der Waals surface area contributed by atoms with Gasteiger partial charge in [0.1, 0.15) is 6.29 Å². The second-order valence-electron chi connectivity index (χ2n) is 6.56. The summed E-state index contributed by atoms with van der Waals surface area (Å²) in [5.74, 6) is 3.75. The van der Waals surface area contributed by atoms with Crippen LogP contribution < -0.4 is 0 Å². The van der Waals surface area contributed by atoms with Crippen LogP contribution in [0.15, 0.2) is 0 Å². The van der Waals surface area contributed by atoms with Crippen molar-refractivity contribution in [2.75, 3.05) is 0 Å². The lowest BCUT2D eigenvalue weighted by Crippen LogP contribution is -2.55. The van der Waals surface area contributed by atoms with Crippen molar-refractivity contribution < 1.29 is 4.79 Å². The topological polar surface area (TPSA) is 17.1 Å². The van der Waals surface area contributed by atoms with Crippen molar-refractivity contribution in [3.8, 4) is 0 Å². The summed E-state index contributed by atoms with van der Waals surface area (Å²) in [5, 5.41) is 0. The maximum absolute atomic E-state index is 10.7. The average Bonchev–Trinajstić information content (AvgIpc) is 2.19. The Hall–Kier alpha value is -0.330. The zero-order valence-electron chi connectivity index (χ0n) is 10.5. The molecule has 86 valence electrons. The Morgan fingerprint density at radius 3 is 2.53 bits per heavy atom. The van der Waals surface area contributed by atoms with E-state index in [0.717, 1.165) is 36.4 Å². The van der Waals surface area contributed by atoms with Gasteiger partial charge >= 0.3 is 0 Å². The number of carbonyl (C=O) groups is 1. The van der Waals surface area contributed by atoms with Crippen molar-refractivity contribution >= 4 is 6.29 Å². The SMILES string of the molecule is CC(C=O)C[C@H]1C[C@H]2C[C@@H]([C@@H]1C)C2(C)C. The highest BCUT2D eigenvalue weighted by Gasteiger charge is 2.55. The maximum atomic E-state index is 10.7. The molecule has 0 aromatic heterocycles. The minimum absolute atomic E-state index is 0.262. The fourth-order valence-electron chi connectivity index (χ4n) is 4.10.